The summed E-state index contributed by atoms with van der Waals surface area (Å²) >= 11 is 4.10. The third kappa shape index (κ3) is 23.6. The minimum Gasteiger partial charge on any atom is -0.390 e. The van der Waals surface area contributed by atoms with E-state index in [1.165, 1.54) is 44.9 Å². The molecule has 6 N–H and O–H groups in total. The average Bonchev–Trinajstić information content (AvgIpc) is 3.61. The molecule has 0 aliphatic carbocycles. The molecule has 12 nitrogen and oxygen atoms in total. The first-order valence-corrected chi connectivity index (χ1v) is 25.7. The van der Waals surface area contributed by atoms with Gasteiger partial charge in [-0.15, -0.1) is 11.8 Å². The van der Waals surface area contributed by atoms with Crippen LogP contribution in [0, 0.1) is 142 Å². The molecule has 1 fully saturated rings. The molecule has 2 aliphatic heterocycles. The molecule has 0 aromatic heterocycles. The van der Waals surface area contributed by atoms with E-state index >= 15 is 0 Å². The number of ether oxygens (including phenoxy) is 2. The van der Waals surface area contributed by atoms with Crippen LogP contribution in [-0.2, 0) is 23.9 Å². The molecule has 3 amide bonds. The third-order valence-corrected chi connectivity index (χ3v) is 12.8. The second-order valence-electron chi connectivity index (χ2n) is 16.0. The first-order valence-electron chi connectivity index (χ1n) is 23.9. The summed E-state index contributed by atoms with van der Waals surface area (Å²) in [5.41, 5.74) is 0.360. The maximum absolute atomic E-state index is 13.3. The number of nitrogens with zero attached hydrogens (tertiary/aromatic N) is 1. The highest BCUT2D eigenvalue weighted by Crippen LogP contribution is 2.37. The van der Waals surface area contributed by atoms with E-state index in [2.05, 4.69) is 170 Å². The maximum Gasteiger partial charge on any atom is 0.297 e. The number of carbonyl (C=O) groups is 3. The SMILES string of the molecule is CC#CC#CC#CC#CC#CC#CC#CC#CC#CC#CC#CC#CC(=O)N[C@@H](CO[C@H]1OC(CSC2=C(Br)C(=O)N(c3ccccc3)C2=O)[C@H](O)[C@H](O)C1O)[C@H](O)[C@H](O)CCCCCCCCCCCCCC. The lowest BCUT2D eigenvalue weighted by Crippen LogP contribution is -2.60. The Morgan fingerprint density at radius 3 is 1.61 bits per heavy atom. The molecule has 378 valence electrons. The van der Waals surface area contributed by atoms with Gasteiger partial charge in [-0.1, -0.05) is 108 Å². The topological polar surface area (TPSA) is 186 Å². The number of thioether (sulfide) groups is 1. The summed E-state index contributed by atoms with van der Waals surface area (Å²) in [4.78, 5) is 40.4. The molecule has 1 saturated heterocycles. The molecule has 2 aliphatic rings. The lowest BCUT2D eigenvalue weighted by atomic mass is 9.98. The predicted octanol–water partition coefficient (Wildman–Crippen LogP) is 4.08. The van der Waals surface area contributed by atoms with Gasteiger partial charge < -0.3 is 40.3 Å². The highest BCUT2D eigenvalue weighted by atomic mass is 79.9. The zero-order chi connectivity index (χ0) is 53.6. The molecule has 0 bridgehead atoms. The summed E-state index contributed by atoms with van der Waals surface area (Å²) < 4.78 is 11.7. The molecule has 3 rings (SSSR count). The van der Waals surface area contributed by atoms with Gasteiger partial charge in [0, 0.05) is 47.2 Å². The van der Waals surface area contributed by atoms with Crippen LogP contribution < -0.4 is 10.2 Å². The number of halogens is 1. The van der Waals surface area contributed by atoms with Crippen molar-refractivity contribution in [2.45, 2.75) is 146 Å². The van der Waals surface area contributed by atoms with Crippen LogP contribution in [0.1, 0.15) is 97.3 Å². The van der Waals surface area contributed by atoms with E-state index in [1.54, 1.807) is 37.3 Å². The fourth-order valence-electron chi connectivity index (χ4n) is 6.81. The largest absolute Gasteiger partial charge is 0.390 e. The van der Waals surface area contributed by atoms with Gasteiger partial charge in [-0.25, -0.2) is 4.90 Å². The number of hydrogen-bond donors (Lipinski definition) is 6. The second kappa shape index (κ2) is 37.6. The molecule has 74 heavy (non-hydrogen) atoms. The van der Waals surface area contributed by atoms with E-state index in [9.17, 15) is 39.9 Å². The summed E-state index contributed by atoms with van der Waals surface area (Å²) in [6.45, 7) is 3.33. The van der Waals surface area contributed by atoms with E-state index < -0.39 is 73.3 Å². The summed E-state index contributed by atoms with van der Waals surface area (Å²) in [6, 6.07) is 7.01. The van der Waals surface area contributed by atoms with E-state index in [0.717, 1.165) is 42.3 Å². The smallest absolute Gasteiger partial charge is 0.297 e. The van der Waals surface area contributed by atoms with E-state index in [-0.39, 0.29) is 21.6 Å². The van der Waals surface area contributed by atoms with E-state index in [0.29, 0.717) is 12.1 Å². The van der Waals surface area contributed by atoms with Gasteiger partial charge in [0.15, 0.2) is 6.29 Å². The maximum atomic E-state index is 13.3. The molecule has 0 radical (unpaired) electrons. The Bertz CT molecular complexity index is 2940. The van der Waals surface area contributed by atoms with Gasteiger partial charge in [0.25, 0.3) is 17.7 Å². The number of imide groups is 1. The van der Waals surface area contributed by atoms with Crippen molar-refractivity contribution in [3.63, 3.8) is 0 Å². The quantitative estimate of drug-likeness (QED) is 0.0528. The van der Waals surface area contributed by atoms with E-state index in [4.69, 9.17) is 9.47 Å². The number of rotatable bonds is 23. The van der Waals surface area contributed by atoms with Crippen molar-refractivity contribution in [3.8, 4) is 142 Å². The third-order valence-electron chi connectivity index (χ3n) is 10.6. The van der Waals surface area contributed by atoms with Crippen LogP contribution in [0.5, 0.6) is 0 Å². The Morgan fingerprint density at radius 1 is 0.662 bits per heavy atom. The Morgan fingerprint density at radius 2 is 1.12 bits per heavy atom. The number of aliphatic hydroxyl groups excluding tert-OH is 5. The van der Waals surface area contributed by atoms with Crippen LogP contribution in [0.2, 0.25) is 0 Å². The number of hydrogen-bond acceptors (Lipinski definition) is 11. The number of carbonyl (C=O) groups excluding carboxylic acids is 3. The number of para-hydroxylation sites is 1. The first-order chi connectivity index (χ1) is 36.0. The Kier molecular flexibility index (Phi) is 31.0. The minimum atomic E-state index is -1.79. The average molecular weight is 1080 g/mol. The number of benzene rings is 1. The molecule has 0 saturated carbocycles. The lowest BCUT2D eigenvalue weighted by molar-refractivity contribution is -0.294. The van der Waals surface area contributed by atoms with Crippen molar-refractivity contribution in [1.82, 2.24) is 5.32 Å². The van der Waals surface area contributed by atoms with Gasteiger partial charge in [0.2, 0.25) is 0 Å². The molecular formula is C60H55BrN2O10S. The highest BCUT2D eigenvalue weighted by Gasteiger charge is 2.46. The standard InChI is InChI=1S/C60H55BrN2O10S/c1-3-5-7-9-11-13-15-17-18-19-20-21-22-23-24-25-26-27-29-31-33-35-40-44-51(65)62-48(53(66)49(64)43-39-34-32-30-28-16-14-12-10-8-6-4-2)45-72-60-56(69)55(68)54(67)50(73-60)46-74-57-52(61)58(70)63(59(57)71)47-41-37-36-38-42-47/h36-38,41-42,48-50,53-56,60,64,66-69H,4,6,8,10,12,14,16,28,30,32,34,39,43,45-46H2,1-2H3,(H,62,65)/t48-,49+,50?,53-,54-,55-,56?,60-/m0/s1. The van der Waals surface area contributed by atoms with Crippen LogP contribution >= 0.6 is 27.7 Å². The number of anilines is 1. The molecule has 8 atom stereocenters. The van der Waals surface area contributed by atoms with Crippen LogP contribution in [-0.4, -0.2) is 105 Å². The molecule has 2 unspecified atom stereocenters. The molecular weight excluding hydrogens is 1020 g/mol. The summed E-state index contributed by atoms with van der Waals surface area (Å²) in [5, 5.41) is 57.5. The Hall–Kier alpha value is -7.16. The fraction of sp³-hybridized carbons (Fsp3) is 0.417. The normalized spacial score (nSPS) is 17.8. The van der Waals surface area contributed by atoms with Gasteiger partial charge in [-0.05, 0) is 136 Å². The van der Waals surface area contributed by atoms with Gasteiger partial charge >= 0.3 is 0 Å². The fourth-order valence-corrected chi connectivity index (χ4v) is 8.54. The monoisotopic (exact) mass is 1070 g/mol. The second-order valence-corrected chi connectivity index (χ2v) is 17.8. The van der Waals surface area contributed by atoms with Crippen molar-refractivity contribution in [1.29, 1.82) is 0 Å². The summed E-state index contributed by atoms with van der Waals surface area (Å²) in [6.07, 6.45) is 2.73. The van der Waals surface area contributed by atoms with Gasteiger partial charge in [-0.3, -0.25) is 14.4 Å². The van der Waals surface area contributed by atoms with Crippen molar-refractivity contribution in [3.05, 3.63) is 39.7 Å². The van der Waals surface area contributed by atoms with Gasteiger partial charge in [0.1, 0.15) is 28.9 Å². The predicted molar refractivity (Wildman–Crippen MR) is 289 cm³/mol. The van der Waals surface area contributed by atoms with Crippen LogP contribution in [0.15, 0.2) is 39.7 Å². The zero-order valence-corrected chi connectivity index (χ0v) is 43.5. The molecule has 0 spiro atoms. The van der Waals surface area contributed by atoms with Crippen LogP contribution in [0.3, 0.4) is 0 Å². The van der Waals surface area contributed by atoms with Gasteiger partial charge in [0.05, 0.1) is 35.4 Å². The van der Waals surface area contributed by atoms with Crippen LogP contribution in [0.25, 0.3) is 0 Å². The Labute approximate surface area is 448 Å². The Balaban J connectivity index is 1.61. The van der Waals surface area contributed by atoms with Crippen molar-refractivity contribution < 1.29 is 49.4 Å². The van der Waals surface area contributed by atoms with Crippen molar-refractivity contribution >= 4 is 51.1 Å². The number of nitrogens with one attached hydrogen (secondary N) is 1. The van der Waals surface area contributed by atoms with Crippen molar-refractivity contribution in [2.75, 3.05) is 17.3 Å². The highest BCUT2D eigenvalue weighted by molar-refractivity contribution is 9.12. The summed E-state index contributed by atoms with van der Waals surface area (Å²) in [5.74, 6) is 57.2. The molecule has 2 heterocycles. The van der Waals surface area contributed by atoms with Gasteiger partial charge in [-0.2, -0.15) is 0 Å². The number of aliphatic hydroxyl groups is 5. The minimum absolute atomic E-state index is 0.00351. The number of unbranched alkanes of at least 4 members (excludes halogenated alkanes) is 11. The molecule has 1 aromatic rings. The molecule has 14 heteroatoms. The molecule has 1 aromatic carbocycles. The first kappa shape index (κ1) is 61.1. The van der Waals surface area contributed by atoms with Crippen molar-refractivity contribution in [2.24, 2.45) is 0 Å². The summed E-state index contributed by atoms with van der Waals surface area (Å²) in [7, 11) is 0. The van der Waals surface area contributed by atoms with E-state index in [1.807, 2.05) is 0 Å². The van der Waals surface area contributed by atoms with Crippen LogP contribution in [0.4, 0.5) is 5.69 Å². The zero-order valence-electron chi connectivity index (χ0n) is 41.1. The number of amides is 3. The lowest BCUT2D eigenvalue weighted by Gasteiger charge is -2.41.